The number of urea groups is 1. The molecule has 3 rings (SSSR count). The molecule has 1 atom stereocenters. The van der Waals surface area contributed by atoms with Crippen LogP contribution < -0.4 is 10.6 Å². The van der Waals surface area contributed by atoms with Gasteiger partial charge in [-0.25, -0.2) is 17.6 Å². The summed E-state index contributed by atoms with van der Waals surface area (Å²) in [5, 5.41) is 5.89. The van der Waals surface area contributed by atoms with Gasteiger partial charge in [-0.2, -0.15) is 4.31 Å². The van der Waals surface area contributed by atoms with E-state index in [4.69, 9.17) is 0 Å². The lowest BCUT2D eigenvalue weighted by atomic mass is 9.96. The summed E-state index contributed by atoms with van der Waals surface area (Å²) < 4.78 is 40.6. The van der Waals surface area contributed by atoms with Crippen LogP contribution >= 0.6 is 0 Å². The molecule has 2 fully saturated rings. The Labute approximate surface area is 166 Å². The van der Waals surface area contributed by atoms with Gasteiger partial charge >= 0.3 is 6.03 Å². The minimum Gasteiger partial charge on any atom is -0.338 e. The molecule has 0 aromatic heterocycles. The number of halogens is 1. The fourth-order valence-corrected chi connectivity index (χ4v) is 5.88. The standard InChI is InChI=1S/C20H30FN3O3S/c21-16-9-11-19(12-10-16)28(26,27)24-15-5-4-8-18(24)13-14-22-20(25)23-17-6-2-1-3-7-17/h9-12,17-18H,1-8,13-15H2,(H2,22,23,25)/t18-/m1/s1. The van der Waals surface area contributed by atoms with Crippen molar-refractivity contribution >= 4 is 16.1 Å². The number of hydrogen-bond acceptors (Lipinski definition) is 3. The summed E-state index contributed by atoms with van der Waals surface area (Å²) in [5.41, 5.74) is 0. The molecule has 0 radical (unpaired) electrons. The van der Waals surface area contributed by atoms with E-state index in [1.54, 1.807) is 0 Å². The van der Waals surface area contributed by atoms with Gasteiger partial charge in [0, 0.05) is 25.2 Å². The lowest BCUT2D eigenvalue weighted by molar-refractivity contribution is 0.224. The number of carbonyl (C=O) groups is 1. The van der Waals surface area contributed by atoms with Crippen molar-refractivity contribution in [3.8, 4) is 0 Å². The Hall–Kier alpha value is -1.67. The van der Waals surface area contributed by atoms with E-state index < -0.39 is 15.8 Å². The van der Waals surface area contributed by atoms with E-state index in [9.17, 15) is 17.6 Å². The monoisotopic (exact) mass is 411 g/mol. The molecule has 8 heteroatoms. The third kappa shape index (κ3) is 5.44. The van der Waals surface area contributed by atoms with Gasteiger partial charge in [0.05, 0.1) is 4.90 Å². The van der Waals surface area contributed by atoms with Crippen LogP contribution in [0.4, 0.5) is 9.18 Å². The Kier molecular flexibility index (Phi) is 7.29. The highest BCUT2D eigenvalue weighted by molar-refractivity contribution is 7.89. The van der Waals surface area contributed by atoms with Gasteiger partial charge < -0.3 is 10.6 Å². The van der Waals surface area contributed by atoms with Crippen LogP contribution in [0.2, 0.25) is 0 Å². The fourth-order valence-electron chi connectivity index (χ4n) is 4.16. The predicted octanol–water partition coefficient (Wildman–Crippen LogP) is 3.39. The zero-order valence-corrected chi connectivity index (χ0v) is 17.0. The van der Waals surface area contributed by atoms with Gasteiger partial charge in [0.25, 0.3) is 0 Å². The average molecular weight is 412 g/mol. The van der Waals surface area contributed by atoms with Crippen molar-refractivity contribution in [2.75, 3.05) is 13.1 Å². The van der Waals surface area contributed by atoms with Crippen molar-refractivity contribution in [3.05, 3.63) is 30.1 Å². The molecule has 2 aliphatic rings. The first-order valence-corrected chi connectivity index (χ1v) is 11.7. The predicted molar refractivity (Wildman–Crippen MR) is 106 cm³/mol. The van der Waals surface area contributed by atoms with Crippen LogP contribution in [0.3, 0.4) is 0 Å². The second-order valence-corrected chi connectivity index (χ2v) is 9.63. The maximum atomic E-state index is 13.1. The third-order valence-corrected chi connectivity index (χ3v) is 7.66. The van der Waals surface area contributed by atoms with Crippen molar-refractivity contribution in [1.82, 2.24) is 14.9 Å². The smallest absolute Gasteiger partial charge is 0.315 e. The van der Waals surface area contributed by atoms with Crippen molar-refractivity contribution in [2.45, 2.75) is 74.8 Å². The van der Waals surface area contributed by atoms with E-state index in [1.807, 2.05) is 0 Å². The van der Waals surface area contributed by atoms with Crippen LogP contribution in [0.25, 0.3) is 0 Å². The van der Waals surface area contributed by atoms with Crippen molar-refractivity contribution in [1.29, 1.82) is 0 Å². The first-order chi connectivity index (χ1) is 13.5. The van der Waals surface area contributed by atoms with Gasteiger partial charge in [0.2, 0.25) is 10.0 Å². The number of nitrogens with one attached hydrogen (secondary N) is 2. The number of piperidine rings is 1. The Bertz CT molecular complexity index is 748. The molecule has 1 aliphatic carbocycles. The van der Waals surface area contributed by atoms with Crippen LogP contribution in [0.1, 0.15) is 57.8 Å². The average Bonchev–Trinajstić information content (AvgIpc) is 2.69. The number of rotatable bonds is 6. The van der Waals surface area contributed by atoms with Gasteiger partial charge in [-0.1, -0.05) is 25.7 Å². The summed E-state index contributed by atoms with van der Waals surface area (Å²) in [6, 6.07) is 4.89. The number of carbonyl (C=O) groups excluding carboxylic acids is 1. The lowest BCUT2D eigenvalue weighted by Crippen LogP contribution is -2.47. The second kappa shape index (κ2) is 9.69. The zero-order valence-electron chi connectivity index (χ0n) is 16.2. The molecule has 0 unspecified atom stereocenters. The van der Waals surface area contributed by atoms with Crippen LogP contribution in [-0.2, 0) is 10.0 Å². The molecule has 0 bridgehead atoms. The zero-order chi connectivity index (χ0) is 20.0. The van der Waals surface area contributed by atoms with Gasteiger partial charge in [-0.3, -0.25) is 0 Å². The number of hydrogen-bond donors (Lipinski definition) is 2. The molecule has 1 saturated carbocycles. The van der Waals surface area contributed by atoms with Crippen molar-refractivity contribution in [2.24, 2.45) is 0 Å². The first kappa shape index (κ1) is 21.0. The fraction of sp³-hybridized carbons (Fsp3) is 0.650. The third-order valence-electron chi connectivity index (χ3n) is 5.70. The molecule has 2 amide bonds. The Morgan fingerprint density at radius 1 is 1.04 bits per heavy atom. The van der Waals surface area contributed by atoms with Crippen LogP contribution in [0.5, 0.6) is 0 Å². The molecule has 6 nitrogen and oxygen atoms in total. The molecule has 1 heterocycles. The van der Waals surface area contributed by atoms with Crippen molar-refractivity contribution < 1.29 is 17.6 Å². The summed E-state index contributed by atoms with van der Waals surface area (Å²) in [6.07, 6.45) is 8.72. The van der Waals surface area contributed by atoms with Gasteiger partial charge in [0.15, 0.2) is 0 Å². The second-order valence-electron chi connectivity index (χ2n) is 7.74. The van der Waals surface area contributed by atoms with Crippen LogP contribution in [-0.4, -0.2) is 43.9 Å². The summed E-state index contributed by atoms with van der Waals surface area (Å²) in [6.45, 7) is 0.886. The molecular weight excluding hydrogens is 381 g/mol. The van der Waals surface area contributed by atoms with E-state index in [1.165, 1.54) is 35.0 Å². The minimum atomic E-state index is -3.66. The quantitative estimate of drug-likeness (QED) is 0.753. The van der Waals surface area contributed by atoms with E-state index in [-0.39, 0.29) is 23.0 Å². The van der Waals surface area contributed by atoms with Crippen molar-refractivity contribution in [3.63, 3.8) is 0 Å². The Balaban J connectivity index is 1.54. The Morgan fingerprint density at radius 2 is 1.71 bits per heavy atom. The normalized spacial score (nSPS) is 22.0. The van der Waals surface area contributed by atoms with E-state index in [0.29, 0.717) is 19.5 Å². The molecule has 2 N–H and O–H groups in total. The van der Waals surface area contributed by atoms with Crippen LogP contribution in [0.15, 0.2) is 29.2 Å². The summed E-state index contributed by atoms with van der Waals surface area (Å²) in [7, 11) is -3.66. The molecule has 1 aliphatic heterocycles. The highest BCUT2D eigenvalue weighted by atomic mass is 32.2. The van der Waals surface area contributed by atoms with Crippen LogP contribution in [0, 0.1) is 5.82 Å². The summed E-state index contributed by atoms with van der Waals surface area (Å²) >= 11 is 0. The minimum absolute atomic E-state index is 0.115. The van der Waals surface area contributed by atoms with E-state index in [0.717, 1.165) is 44.9 Å². The summed E-state index contributed by atoms with van der Waals surface area (Å²) in [5.74, 6) is -0.456. The SMILES string of the molecule is O=C(NCC[C@H]1CCCCN1S(=O)(=O)c1ccc(F)cc1)NC1CCCCC1. The molecule has 28 heavy (non-hydrogen) atoms. The number of amides is 2. The maximum Gasteiger partial charge on any atom is 0.315 e. The van der Waals surface area contributed by atoms with Gasteiger partial charge in [-0.05, 0) is 56.4 Å². The number of benzene rings is 1. The Morgan fingerprint density at radius 3 is 2.43 bits per heavy atom. The molecule has 156 valence electrons. The molecule has 1 saturated heterocycles. The van der Waals surface area contributed by atoms with Gasteiger partial charge in [-0.15, -0.1) is 0 Å². The highest BCUT2D eigenvalue weighted by Crippen LogP contribution is 2.27. The number of sulfonamides is 1. The van der Waals surface area contributed by atoms with Gasteiger partial charge in [0.1, 0.15) is 5.82 Å². The molecule has 1 aromatic carbocycles. The lowest BCUT2D eigenvalue weighted by Gasteiger charge is -2.34. The topological polar surface area (TPSA) is 78.5 Å². The molecule has 1 aromatic rings. The largest absolute Gasteiger partial charge is 0.338 e. The summed E-state index contributed by atoms with van der Waals surface area (Å²) in [4.78, 5) is 12.2. The first-order valence-electron chi connectivity index (χ1n) is 10.3. The maximum absolute atomic E-state index is 13.1. The van der Waals surface area contributed by atoms with E-state index in [2.05, 4.69) is 10.6 Å². The molecular formula is C20H30FN3O3S. The number of nitrogens with zero attached hydrogens (tertiary/aromatic N) is 1. The van der Waals surface area contributed by atoms with E-state index >= 15 is 0 Å². The molecule has 0 spiro atoms. The highest BCUT2D eigenvalue weighted by Gasteiger charge is 2.33.